The highest BCUT2D eigenvalue weighted by Crippen LogP contribution is 2.51. The van der Waals surface area contributed by atoms with Crippen LogP contribution in [0.3, 0.4) is 0 Å². The molecule has 12 aromatic rings. The topological polar surface area (TPSA) is 6.48 Å². The minimum atomic E-state index is -0.0265. The molecule has 0 saturated heterocycles. The summed E-state index contributed by atoms with van der Waals surface area (Å²) in [6.07, 6.45) is 0. The number of nitrogens with zero attached hydrogens (tertiary/aromatic N) is 2. The Hall–Kier alpha value is -8.46. The normalized spacial score (nSPS) is 12.7. The molecule has 0 aromatic heterocycles. The monoisotopic (exact) mass is 854 g/mol. The third-order valence-corrected chi connectivity index (χ3v) is 14.3. The molecule has 2 nitrogen and oxygen atoms in total. The summed E-state index contributed by atoms with van der Waals surface area (Å²) in [4.78, 5) is 4.75. The van der Waals surface area contributed by atoms with Gasteiger partial charge in [0.2, 0.25) is 0 Å². The summed E-state index contributed by atoms with van der Waals surface area (Å²) in [5.74, 6) is 0. The van der Waals surface area contributed by atoms with E-state index in [-0.39, 0.29) is 5.41 Å². The number of hydrogen-bond donors (Lipinski definition) is 0. The predicted octanol–water partition coefficient (Wildman–Crippen LogP) is 18.4. The SMILES string of the molecule is CC1(C)c2cccc3cc(-c4ccc(N(c5ccc(-c6ccc(N(c7ccc8ccccc8c7)c7ccc8ccccc8c7)cc6)cc5)c5ccc6ccccc6c5)cc4)c4cccc1c4c23. The summed E-state index contributed by atoms with van der Waals surface area (Å²) < 4.78 is 0. The Morgan fingerprint density at radius 1 is 0.269 bits per heavy atom. The Morgan fingerprint density at radius 3 is 1.09 bits per heavy atom. The van der Waals surface area contributed by atoms with Crippen LogP contribution in [0, 0.1) is 0 Å². The molecule has 2 heteroatoms. The molecule has 0 heterocycles. The molecule has 0 aliphatic heterocycles. The maximum absolute atomic E-state index is 2.40. The van der Waals surface area contributed by atoms with E-state index in [2.05, 4.69) is 266 Å². The van der Waals surface area contributed by atoms with Crippen LogP contribution in [0.15, 0.2) is 243 Å². The quantitative estimate of drug-likeness (QED) is 0.141. The first-order valence-corrected chi connectivity index (χ1v) is 23.3. The minimum absolute atomic E-state index is 0.0265. The number of hydrogen-bond acceptors (Lipinski definition) is 2. The van der Waals surface area contributed by atoms with Gasteiger partial charge in [0.15, 0.2) is 0 Å². The average molecular weight is 855 g/mol. The number of anilines is 6. The van der Waals surface area contributed by atoms with Gasteiger partial charge in [-0.1, -0.05) is 178 Å². The molecule has 1 aliphatic rings. The van der Waals surface area contributed by atoms with E-state index >= 15 is 0 Å². The largest absolute Gasteiger partial charge is 0.310 e. The van der Waals surface area contributed by atoms with E-state index in [9.17, 15) is 0 Å². The Labute approximate surface area is 391 Å². The van der Waals surface area contributed by atoms with Crippen molar-refractivity contribution in [1.29, 1.82) is 0 Å². The van der Waals surface area contributed by atoms with Crippen molar-refractivity contribution in [3.63, 3.8) is 0 Å². The zero-order valence-corrected chi connectivity index (χ0v) is 37.5. The molecule has 0 unspecified atom stereocenters. The van der Waals surface area contributed by atoms with E-state index in [1.807, 2.05) is 0 Å². The van der Waals surface area contributed by atoms with E-state index in [1.54, 1.807) is 0 Å². The molecular weight excluding hydrogens is 809 g/mol. The van der Waals surface area contributed by atoms with Crippen LogP contribution in [0.25, 0.3) is 76.1 Å². The summed E-state index contributed by atoms with van der Waals surface area (Å²) in [6, 6.07) is 89.3. The summed E-state index contributed by atoms with van der Waals surface area (Å²) in [7, 11) is 0. The number of benzene rings is 12. The first-order valence-electron chi connectivity index (χ1n) is 23.3. The minimum Gasteiger partial charge on any atom is -0.310 e. The fraction of sp³-hybridized carbons (Fsp3) is 0.0462. The maximum Gasteiger partial charge on any atom is 0.0468 e. The molecule has 316 valence electrons. The third kappa shape index (κ3) is 6.48. The van der Waals surface area contributed by atoms with E-state index in [0.29, 0.717) is 0 Å². The lowest BCUT2D eigenvalue weighted by Crippen LogP contribution is -2.14. The Kier molecular flexibility index (Phi) is 8.91. The fourth-order valence-corrected chi connectivity index (χ4v) is 10.9. The average Bonchev–Trinajstić information content (AvgIpc) is 3.62. The van der Waals surface area contributed by atoms with Gasteiger partial charge >= 0.3 is 0 Å². The molecule has 0 spiro atoms. The van der Waals surface area contributed by atoms with E-state index < -0.39 is 0 Å². The molecule has 0 radical (unpaired) electrons. The highest BCUT2D eigenvalue weighted by Gasteiger charge is 2.34. The highest BCUT2D eigenvalue weighted by molar-refractivity contribution is 6.19. The number of rotatable bonds is 8. The molecule has 0 saturated carbocycles. The van der Waals surface area contributed by atoms with E-state index in [1.165, 1.54) is 87.2 Å². The van der Waals surface area contributed by atoms with Crippen LogP contribution in [0.2, 0.25) is 0 Å². The van der Waals surface area contributed by atoms with Gasteiger partial charge in [0, 0.05) is 39.5 Å². The molecule has 0 amide bonds. The molecule has 0 N–H and O–H groups in total. The fourth-order valence-electron chi connectivity index (χ4n) is 10.9. The lowest BCUT2D eigenvalue weighted by molar-refractivity contribution is 0.663. The standard InChI is InChI=1S/C65H46N2/c1-65(2)61-19-9-17-52-42-60(59-18-10-20-62(65)64(59)63(52)61)48-28-34-54(35-29-48)66(56-36-25-43-11-3-6-14-49(43)39-56)53-30-21-46(22-31-53)47-23-32-55(33-24-47)67(57-37-26-44-12-4-7-15-50(44)40-57)58-38-27-45-13-5-8-16-51(45)41-58/h3-42H,1-2H3. The smallest absolute Gasteiger partial charge is 0.0468 e. The van der Waals surface area contributed by atoms with Gasteiger partial charge < -0.3 is 9.80 Å². The van der Waals surface area contributed by atoms with Crippen molar-refractivity contribution in [2.24, 2.45) is 0 Å². The summed E-state index contributed by atoms with van der Waals surface area (Å²) in [6.45, 7) is 4.73. The second-order valence-electron chi connectivity index (χ2n) is 18.6. The van der Waals surface area contributed by atoms with Gasteiger partial charge in [0.1, 0.15) is 0 Å². The van der Waals surface area contributed by atoms with Crippen molar-refractivity contribution >= 4 is 88.0 Å². The molecular formula is C65H46N2. The van der Waals surface area contributed by atoms with Crippen LogP contribution >= 0.6 is 0 Å². The Morgan fingerprint density at radius 2 is 0.627 bits per heavy atom. The van der Waals surface area contributed by atoms with Gasteiger partial charge in [0.25, 0.3) is 0 Å². The van der Waals surface area contributed by atoms with E-state index in [4.69, 9.17) is 0 Å². The summed E-state index contributed by atoms with van der Waals surface area (Å²) in [5, 5.41) is 12.8. The van der Waals surface area contributed by atoms with Crippen LogP contribution in [-0.2, 0) is 5.41 Å². The van der Waals surface area contributed by atoms with Gasteiger partial charge in [0.05, 0.1) is 0 Å². The zero-order chi connectivity index (χ0) is 44.6. The van der Waals surface area contributed by atoms with Crippen molar-refractivity contribution < 1.29 is 0 Å². The zero-order valence-electron chi connectivity index (χ0n) is 37.5. The van der Waals surface area contributed by atoms with Gasteiger partial charge in [-0.15, -0.1) is 0 Å². The van der Waals surface area contributed by atoms with Crippen LogP contribution in [0.1, 0.15) is 25.0 Å². The first-order chi connectivity index (χ1) is 32.9. The van der Waals surface area contributed by atoms with Crippen LogP contribution in [0.4, 0.5) is 34.1 Å². The van der Waals surface area contributed by atoms with Gasteiger partial charge in [-0.2, -0.15) is 0 Å². The molecule has 12 aromatic carbocycles. The van der Waals surface area contributed by atoms with Crippen molar-refractivity contribution in [1.82, 2.24) is 0 Å². The molecule has 0 bridgehead atoms. The van der Waals surface area contributed by atoms with Crippen LogP contribution in [-0.4, -0.2) is 0 Å². The first kappa shape index (κ1) is 39.0. The van der Waals surface area contributed by atoms with Crippen molar-refractivity contribution in [2.45, 2.75) is 19.3 Å². The Balaban J connectivity index is 0.862. The van der Waals surface area contributed by atoms with Gasteiger partial charge in [-0.25, -0.2) is 0 Å². The maximum atomic E-state index is 2.40. The van der Waals surface area contributed by atoms with Crippen molar-refractivity contribution in [2.75, 3.05) is 9.80 Å². The van der Waals surface area contributed by atoms with Crippen molar-refractivity contribution in [3.05, 3.63) is 254 Å². The molecule has 13 rings (SSSR count). The van der Waals surface area contributed by atoms with Gasteiger partial charge in [-0.3, -0.25) is 0 Å². The predicted molar refractivity (Wildman–Crippen MR) is 286 cm³/mol. The summed E-state index contributed by atoms with van der Waals surface area (Å²) in [5.41, 5.74) is 14.3. The lowest BCUT2D eigenvalue weighted by atomic mass is 9.82. The van der Waals surface area contributed by atoms with Crippen LogP contribution in [0.5, 0.6) is 0 Å². The van der Waals surface area contributed by atoms with E-state index in [0.717, 1.165) is 34.1 Å². The number of fused-ring (bicyclic) bond motifs is 3. The second kappa shape index (κ2) is 15.3. The highest BCUT2D eigenvalue weighted by atomic mass is 15.1. The molecule has 67 heavy (non-hydrogen) atoms. The van der Waals surface area contributed by atoms with Crippen LogP contribution < -0.4 is 9.80 Å². The van der Waals surface area contributed by atoms with Crippen molar-refractivity contribution in [3.8, 4) is 22.3 Å². The van der Waals surface area contributed by atoms with Gasteiger partial charge in [-0.05, 0) is 166 Å². The Bertz CT molecular complexity index is 3800. The lowest BCUT2D eigenvalue weighted by Gasteiger charge is -2.27. The third-order valence-electron chi connectivity index (χ3n) is 14.3. The summed E-state index contributed by atoms with van der Waals surface area (Å²) >= 11 is 0. The molecule has 0 atom stereocenters. The molecule has 0 fully saturated rings. The second-order valence-corrected chi connectivity index (χ2v) is 18.6. The molecule has 1 aliphatic carbocycles.